The zero-order valence-electron chi connectivity index (χ0n) is 12.0. The zero-order valence-corrected chi connectivity index (χ0v) is 14.9. The fraction of sp³-hybridized carbons (Fsp3) is 0.250. The van der Waals surface area contributed by atoms with Crippen molar-refractivity contribution in [1.82, 2.24) is 0 Å². The normalized spacial score (nSPS) is 11.4. The Hall–Kier alpha value is -1.08. The summed E-state index contributed by atoms with van der Waals surface area (Å²) in [5, 5.41) is 0. The molecule has 0 saturated carbocycles. The maximum absolute atomic E-state index is 12.3. The van der Waals surface area contributed by atoms with Crippen LogP contribution in [0.1, 0.15) is 11.1 Å². The molecule has 0 aliphatic carbocycles. The number of sulfone groups is 1. The third-order valence-corrected chi connectivity index (χ3v) is 6.04. The summed E-state index contributed by atoms with van der Waals surface area (Å²) >= 11 is 2.22. The first-order valence-corrected chi connectivity index (χ1v) is 9.28. The smallest absolute Gasteiger partial charge is 0.178 e. The van der Waals surface area contributed by atoms with Crippen molar-refractivity contribution in [2.45, 2.75) is 18.2 Å². The van der Waals surface area contributed by atoms with Crippen LogP contribution in [0.15, 0.2) is 47.4 Å². The number of halogens is 1. The minimum Gasteiger partial charge on any atom is -0.496 e. The molecule has 0 fully saturated rings. The van der Waals surface area contributed by atoms with Gasteiger partial charge in [-0.25, -0.2) is 8.42 Å². The molecule has 0 heterocycles. The van der Waals surface area contributed by atoms with Crippen LogP contribution in [0.25, 0.3) is 0 Å². The van der Waals surface area contributed by atoms with E-state index in [1.165, 1.54) is 0 Å². The lowest BCUT2D eigenvalue weighted by Gasteiger charge is -2.11. The molecule has 0 aromatic heterocycles. The molecule has 2 aromatic rings. The number of rotatable bonds is 5. The summed E-state index contributed by atoms with van der Waals surface area (Å²) in [7, 11) is -1.60. The molecule has 0 aliphatic rings. The van der Waals surface area contributed by atoms with Gasteiger partial charge >= 0.3 is 0 Å². The summed E-state index contributed by atoms with van der Waals surface area (Å²) in [5.41, 5.74) is 2.05. The maximum atomic E-state index is 12.3. The van der Waals surface area contributed by atoms with Crippen LogP contribution in [0.3, 0.4) is 0 Å². The Labute approximate surface area is 139 Å². The molecule has 0 amide bonds. The highest BCUT2D eigenvalue weighted by Crippen LogP contribution is 2.25. The van der Waals surface area contributed by atoms with Crippen molar-refractivity contribution in [3.8, 4) is 5.75 Å². The molecule has 0 radical (unpaired) electrons. The highest BCUT2D eigenvalue weighted by molar-refractivity contribution is 14.1. The topological polar surface area (TPSA) is 43.4 Å². The second kappa shape index (κ2) is 6.79. The Balaban J connectivity index is 2.19. The van der Waals surface area contributed by atoms with Crippen molar-refractivity contribution in [1.29, 1.82) is 0 Å². The number of hydrogen-bond donors (Lipinski definition) is 0. The van der Waals surface area contributed by atoms with Gasteiger partial charge in [0.1, 0.15) is 5.75 Å². The molecule has 21 heavy (non-hydrogen) atoms. The minimum absolute atomic E-state index is 0.110. The van der Waals surface area contributed by atoms with Gasteiger partial charge in [-0.05, 0) is 65.3 Å². The van der Waals surface area contributed by atoms with Crippen molar-refractivity contribution in [3.63, 3.8) is 0 Å². The van der Waals surface area contributed by atoms with Gasteiger partial charge in [-0.3, -0.25) is 0 Å². The van der Waals surface area contributed by atoms with Crippen LogP contribution in [-0.2, 0) is 16.3 Å². The van der Waals surface area contributed by atoms with E-state index in [1.54, 1.807) is 31.4 Å². The summed E-state index contributed by atoms with van der Waals surface area (Å²) in [5.74, 6) is 0.938. The summed E-state index contributed by atoms with van der Waals surface area (Å²) < 4.78 is 30.9. The van der Waals surface area contributed by atoms with Crippen molar-refractivity contribution in [2.75, 3.05) is 12.9 Å². The lowest BCUT2D eigenvalue weighted by Crippen LogP contribution is -2.10. The van der Waals surface area contributed by atoms with Crippen LogP contribution in [0.4, 0.5) is 0 Å². The van der Waals surface area contributed by atoms with Crippen LogP contribution >= 0.6 is 22.6 Å². The zero-order chi connectivity index (χ0) is 15.5. The van der Waals surface area contributed by atoms with E-state index in [1.807, 2.05) is 25.1 Å². The van der Waals surface area contributed by atoms with E-state index >= 15 is 0 Å². The van der Waals surface area contributed by atoms with E-state index in [-0.39, 0.29) is 5.75 Å². The van der Waals surface area contributed by atoms with Gasteiger partial charge in [0.2, 0.25) is 0 Å². The van der Waals surface area contributed by atoms with Gasteiger partial charge < -0.3 is 4.74 Å². The number of benzene rings is 2. The van der Waals surface area contributed by atoms with E-state index < -0.39 is 9.84 Å². The Bertz CT molecular complexity index is 725. The van der Waals surface area contributed by atoms with Crippen LogP contribution in [0, 0.1) is 10.5 Å². The minimum atomic E-state index is -3.24. The molecule has 0 N–H and O–H groups in total. The van der Waals surface area contributed by atoms with Crippen LogP contribution in [0.2, 0.25) is 0 Å². The second-order valence-corrected chi connectivity index (χ2v) is 8.07. The Morgan fingerprint density at radius 1 is 1.14 bits per heavy atom. The van der Waals surface area contributed by atoms with Crippen LogP contribution in [-0.4, -0.2) is 21.3 Å². The van der Waals surface area contributed by atoms with Gasteiger partial charge in [0.15, 0.2) is 9.84 Å². The van der Waals surface area contributed by atoms with Crippen LogP contribution < -0.4 is 4.74 Å². The van der Waals surface area contributed by atoms with E-state index in [4.69, 9.17) is 4.74 Å². The van der Waals surface area contributed by atoms with E-state index in [2.05, 4.69) is 22.6 Å². The fourth-order valence-corrected chi connectivity index (χ4v) is 4.13. The maximum Gasteiger partial charge on any atom is 0.178 e. The predicted octanol–water partition coefficient (Wildman–Crippen LogP) is 3.62. The number of aryl methyl sites for hydroxylation is 2. The monoisotopic (exact) mass is 416 g/mol. The van der Waals surface area contributed by atoms with Gasteiger partial charge in [-0.1, -0.05) is 24.3 Å². The first-order valence-electron chi connectivity index (χ1n) is 6.55. The fourth-order valence-electron chi connectivity index (χ4n) is 2.12. The van der Waals surface area contributed by atoms with E-state index in [9.17, 15) is 8.42 Å². The largest absolute Gasteiger partial charge is 0.496 e. The molecule has 0 bridgehead atoms. The lowest BCUT2D eigenvalue weighted by molar-refractivity contribution is 0.411. The van der Waals surface area contributed by atoms with Gasteiger partial charge in [0.25, 0.3) is 0 Å². The standard InChI is InChI=1S/C16H17IO3S/c1-12-10-13(15(17)11-16(12)20-2)8-9-21(18,19)14-6-4-3-5-7-14/h3-7,10-11H,8-9H2,1-2H3. The SMILES string of the molecule is COc1cc(I)c(CCS(=O)(=O)c2ccccc2)cc1C. The summed E-state index contributed by atoms with van der Waals surface area (Å²) in [4.78, 5) is 0.380. The molecule has 5 heteroatoms. The highest BCUT2D eigenvalue weighted by atomic mass is 127. The van der Waals surface area contributed by atoms with Gasteiger partial charge in [-0.2, -0.15) is 0 Å². The van der Waals surface area contributed by atoms with Crippen LogP contribution in [0.5, 0.6) is 5.75 Å². The Morgan fingerprint density at radius 2 is 1.81 bits per heavy atom. The molecule has 3 nitrogen and oxygen atoms in total. The summed E-state index contributed by atoms with van der Waals surface area (Å²) in [6.07, 6.45) is 0.500. The average molecular weight is 416 g/mol. The third kappa shape index (κ3) is 3.97. The molecule has 2 rings (SSSR count). The molecule has 0 aliphatic heterocycles. The number of methoxy groups -OCH3 is 1. The van der Waals surface area contributed by atoms with Gasteiger partial charge in [0.05, 0.1) is 17.8 Å². The van der Waals surface area contributed by atoms with Crippen molar-refractivity contribution in [3.05, 3.63) is 57.2 Å². The van der Waals surface area contributed by atoms with Gasteiger partial charge in [-0.15, -0.1) is 0 Å². The first kappa shape index (κ1) is 16.3. The molecule has 112 valence electrons. The predicted molar refractivity (Wildman–Crippen MR) is 92.6 cm³/mol. The van der Waals surface area contributed by atoms with E-state index in [0.29, 0.717) is 11.3 Å². The Kier molecular flexibility index (Phi) is 5.27. The quantitative estimate of drug-likeness (QED) is 0.700. The summed E-state index contributed by atoms with van der Waals surface area (Å²) in [6.45, 7) is 1.96. The molecular formula is C16H17IO3S. The van der Waals surface area contributed by atoms with E-state index in [0.717, 1.165) is 20.4 Å². The van der Waals surface area contributed by atoms with Crippen molar-refractivity contribution in [2.24, 2.45) is 0 Å². The molecule has 0 saturated heterocycles. The Morgan fingerprint density at radius 3 is 2.43 bits per heavy atom. The molecule has 0 atom stereocenters. The van der Waals surface area contributed by atoms with Crippen molar-refractivity contribution >= 4 is 32.4 Å². The highest BCUT2D eigenvalue weighted by Gasteiger charge is 2.15. The lowest BCUT2D eigenvalue weighted by atomic mass is 10.1. The van der Waals surface area contributed by atoms with Gasteiger partial charge in [0, 0.05) is 3.57 Å². The summed E-state index contributed by atoms with van der Waals surface area (Å²) in [6, 6.07) is 12.5. The molecular weight excluding hydrogens is 399 g/mol. The molecule has 0 unspecified atom stereocenters. The number of hydrogen-bond acceptors (Lipinski definition) is 3. The average Bonchev–Trinajstić information content (AvgIpc) is 2.48. The number of ether oxygens (including phenoxy) is 1. The molecule has 2 aromatic carbocycles. The third-order valence-electron chi connectivity index (χ3n) is 3.31. The molecule has 0 spiro atoms. The first-order chi connectivity index (χ1) is 9.94. The second-order valence-electron chi connectivity index (χ2n) is 4.80. The van der Waals surface area contributed by atoms with Crippen molar-refractivity contribution < 1.29 is 13.2 Å².